The molecule has 0 bridgehead atoms. The maximum Gasteiger partial charge on any atom is 0.255 e. The van der Waals surface area contributed by atoms with Crippen LogP contribution in [0.1, 0.15) is 35.0 Å². The third kappa shape index (κ3) is 3.68. The van der Waals surface area contributed by atoms with Crippen LogP contribution in [0.5, 0.6) is 0 Å². The standard InChI is InChI=1S/C19H16Cl2N4O2/c20-14-4-1-5-15(21)16(14)17-23-18(27-24-17)12-6-9-25(10-7-12)19(26)13-3-2-8-22-11-13/h1-5,8,11-12H,6-7,9-10H2. The van der Waals surface area contributed by atoms with Gasteiger partial charge in [-0.3, -0.25) is 9.78 Å². The first-order chi connectivity index (χ1) is 13.1. The number of nitrogens with zero attached hydrogens (tertiary/aromatic N) is 4. The Hall–Kier alpha value is -2.44. The molecule has 8 heteroatoms. The Morgan fingerprint density at radius 2 is 1.85 bits per heavy atom. The number of hydrogen-bond acceptors (Lipinski definition) is 5. The number of hydrogen-bond donors (Lipinski definition) is 0. The highest BCUT2D eigenvalue weighted by Crippen LogP contribution is 2.34. The van der Waals surface area contributed by atoms with Crippen molar-refractivity contribution in [2.75, 3.05) is 13.1 Å². The van der Waals surface area contributed by atoms with Gasteiger partial charge in [-0.25, -0.2) is 0 Å². The van der Waals surface area contributed by atoms with Crippen LogP contribution >= 0.6 is 23.2 Å². The molecular weight excluding hydrogens is 387 g/mol. The molecule has 1 fully saturated rings. The summed E-state index contributed by atoms with van der Waals surface area (Å²) in [5, 5.41) is 5.00. The first kappa shape index (κ1) is 17.9. The van der Waals surface area contributed by atoms with E-state index in [4.69, 9.17) is 27.7 Å². The highest BCUT2D eigenvalue weighted by Gasteiger charge is 2.28. The molecule has 0 spiro atoms. The smallest absolute Gasteiger partial charge is 0.255 e. The van der Waals surface area contributed by atoms with Gasteiger partial charge in [0.1, 0.15) is 0 Å². The summed E-state index contributed by atoms with van der Waals surface area (Å²) in [6, 6.07) is 8.78. The normalized spacial score (nSPS) is 15.1. The highest BCUT2D eigenvalue weighted by atomic mass is 35.5. The molecule has 0 atom stereocenters. The van der Waals surface area contributed by atoms with E-state index < -0.39 is 0 Å². The molecule has 0 saturated carbocycles. The lowest BCUT2D eigenvalue weighted by molar-refractivity contribution is 0.0704. The predicted octanol–water partition coefficient (Wildman–Crippen LogP) is 4.46. The Balaban J connectivity index is 1.45. The van der Waals surface area contributed by atoms with Crippen molar-refractivity contribution < 1.29 is 9.32 Å². The number of piperidine rings is 1. The average Bonchev–Trinajstić information content (AvgIpc) is 3.18. The molecule has 27 heavy (non-hydrogen) atoms. The number of rotatable bonds is 3. The molecule has 0 aliphatic carbocycles. The van der Waals surface area contributed by atoms with E-state index in [1.807, 2.05) is 4.90 Å². The fraction of sp³-hybridized carbons (Fsp3) is 0.263. The Bertz CT molecular complexity index is 933. The van der Waals surface area contributed by atoms with Gasteiger partial charge < -0.3 is 9.42 Å². The van der Waals surface area contributed by atoms with E-state index in [-0.39, 0.29) is 11.8 Å². The van der Waals surface area contributed by atoms with Crippen LogP contribution in [0.2, 0.25) is 10.0 Å². The first-order valence-electron chi connectivity index (χ1n) is 8.61. The third-order valence-electron chi connectivity index (χ3n) is 4.67. The highest BCUT2D eigenvalue weighted by molar-refractivity contribution is 6.38. The fourth-order valence-corrected chi connectivity index (χ4v) is 3.78. The van der Waals surface area contributed by atoms with Gasteiger partial charge in [-0.2, -0.15) is 4.98 Å². The number of likely N-dealkylation sites (tertiary alicyclic amines) is 1. The summed E-state index contributed by atoms with van der Waals surface area (Å²) in [5.74, 6) is 1.03. The van der Waals surface area contributed by atoms with E-state index in [2.05, 4.69) is 15.1 Å². The van der Waals surface area contributed by atoms with E-state index in [0.29, 0.717) is 46.0 Å². The number of benzene rings is 1. The van der Waals surface area contributed by atoms with Crippen molar-refractivity contribution in [2.24, 2.45) is 0 Å². The van der Waals surface area contributed by atoms with Crippen LogP contribution in [0, 0.1) is 0 Å². The van der Waals surface area contributed by atoms with Gasteiger partial charge in [-0.05, 0) is 37.1 Å². The number of carbonyl (C=O) groups excluding carboxylic acids is 1. The molecule has 0 N–H and O–H groups in total. The van der Waals surface area contributed by atoms with Crippen LogP contribution < -0.4 is 0 Å². The summed E-state index contributed by atoms with van der Waals surface area (Å²) in [4.78, 5) is 22.8. The molecule has 4 rings (SSSR count). The lowest BCUT2D eigenvalue weighted by atomic mass is 9.96. The van der Waals surface area contributed by atoms with Crippen LogP contribution in [0.4, 0.5) is 0 Å². The molecule has 2 aromatic heterocycles. The second kappa shape index (κ2) is 7.66. The number of pyridine rings is 1. The Morgan fingerprint density at radius 3 is 2.52 bits per heavy atom. The van der Waals surface area contributed by atoms with Crippen molar-refractivity contribution in [1.82, 2.24) is 20.0 Å². The molecule has 1 saturated heterocycles. The summed E-state index contributed by atoms with van der Waals surface area (Å²) < 4.78 is 5.46. The SMILES string of the molecule is O=C(c1cccnc1)N1CCC(c2nc(-c3c(Cl)cccc3Cl)no2)CC1. The van der Waals surface area contributed by atoms with E-state index in [1.165, 1.54) is 0 Å². The summed E-state index contributed by atoms with van der Waals surface area (Å²) in [6.45, 7) is 1.26. The monoisotopic (exact) mass is 402 g/mol. The van der Waals surface area contributed by atoms with Gasteiger partial charge in [0.2, 0.25) is 11.7 Å². The van der Waals surface area contributed by atoms with Crippen LogP contribution in [0.15, 0.2) is 47.2 Å². The maximum absolute atomic E-state index is 12.5. The number of aromatic nitrogens is 3. The summed E-state index contributed by atoms with van der Waals surface area (Å²) >= 11 is 12.4. The molecule has 3 heterocycles. The number of halogens is 2. The van der Waals surface area contributed by atoms with Gasteiger partial charge in [0.05, 0.1) is 21.2 Å². The minimum Gasteiger partial charge on any atom is -0.339 e. The van der Waals surface area contributed by atoms with Crippen molar-refractivity contribution in [3.63, 3.8) is 0 Å². The van der Waals surface area contributed by atoms with Gasteiger partial charge in [0.25, 0.3) is 5.91 Å². The second-order valence-corrected chi connectivity index (χ2v) is 7.18. The van der Waals surface area contributed by atoms with Gasteiger partial charge >= 0.3 is 0 Å². The minimum atomic E-state index is -0.00406. The van der Waals surface area contributed by atoms with Gasteiger partial charge in [-0.15, -0.1) is 0 Å². The molecule has 6 nitrogen and oxygen atoms in total. The zero-order valence-electron chi connectivity index (χ0n) is 14.3. The molecule has 1 aliphatic heterocycles. The Morgan fingerprint density at radius 1 is 1.11 bits per heavy atom. The fourth-order valence-electron chi connectivity index (χ4n) is 3.22. The van der Waals surface area contributed by atoms with Crippen molar-refractivity contribution in [3.8, 4) is 11.4 Å². The molecular formula is C19H16Cl2N4O2. The zero-order valence-corrected chi connectivity index (χ0v) is 15.8. The molecule has 1 aliphatic rings. The van der Waals surface area contributed by atoms with Crippen molar-refractivity contribution in [2.45, 2.75) is 18.8 Å². The number of amides is 1. The average molecular weight is 403 g/mol. The lowest BCUT2D eigenvalue weighted by Crippen LogP contribution is -2.38. The van der Waals surface area contributed by atoms with Crippen molar-refractivity contribution in [3.05, 3.63) is 64.2 Å². The van der Waals surface area contributed by atoms with E-state index >= 15 is 0 Å². The summed E-state index contributed by atoms with van der Waals surface area (Å²) in [6.07, 6.45) is 4.75. The van der Waals surface area contributed by atoms with E-state index in [1.54, 1.807) is 42.7 Å². The summed E-state index contributed by atoms with van der Waals surface area (Å²) in [7, 11) is 0. The van der Waals surface area contributed by atoms with Gasteiger partial charge in [0.15, 0.2) is 0 Å². The largest absolute Gasteiger partial charge is 0.339 e. The van der Waals surface area contributed by atoms with E-state index in [0.717, 1.165) is 12.8 Å². The van der Waals surface area contributed by atoms with Gasteiger partial charge in [0, 0.05) is 31.4 Å². The van der Waals surface area contributed by atoms with Crippen LogP contribution in [0.25, 0.3) is 11.4 Å². The minimum absolute atomic E-state index is 0.00406. The van der Waals surface area contributed by atoms with E-state index in [9.17, 15) is 4.79 Å². The first-order valence-corrected chi connectivity index (χ1v) is 9.36. The molecule has 138 valence electrons. The quantitative estimate of drug-likeness (QED) is 0.646. The van der Waals surface area contributed by atoms with Crippen molar-refractivity contribution >= 4 is 29.1 Å². The molecule has 0 unspecified atom stereocenters. The third-order valence-corrected chi connectivity index (χ3v) is 5.30. The van der Waals surface area contributed by atoms with Crippen LogP contribution in [-0.2, 0) is 0 Å². The zero-order chi connectivity index (χ0) is 18.8. The Kier molecular flexibility index (Phi) is 5.09. The Labute approximate surface area is 166 Å². The molecule has 3 aromatic rings. The van der Waals surface area contributed by atoms with Crippen LogP contribution in [0.3, 0.4) is 0 Å². The number of carbonyl (C=O) groups is 1. The molecule has 0 radical (unpaired) electrons. The van der Waals surface area contributed by atoms with Crippen molar-refractivity contribution in [1.29, 1.82) is 0 Å². The summed E-state index contributed by atoms with van der Waals surface area (Å²) in [5.41, 5.74) is 1.17. The lowest BCUT2D eigenvalue weighted by Gasteiger charge is -2.30. The second-order valence-electron chi connectivity index (χ2n) is 6.36. The molecule has 1 aromatic carbocycles. The predicted molar refractivity (Wildman–Crippen MR) is 102 cm³/mol. The maximum atomic E-state index is 12.5. The van der Waals surface area contributed by atoms with Crippen LogP contribution in [-0.4, -0.2) is 39.0 Å². The van der Waals surface area contributed by atoms with Gasteiger partial charge in [-0.1, -0.05) is 34.4 Å². The molecule has 1 amide bonds. The topological polar surface area (TPSA) is 72.1 Å².